The summed E-state index contributed by atoms with van der Waals surface area (Å²) in [6.45, 7) is 11.0. The Morgan fingerprint density at radius 1 is 1.26 bits per heavy atom. The zero-order valence-electron chi connectivity index (χ0n) is 18.6. The molecule has 0 radical (unpaired) electrons. The molecule has 0 atom stereocenters. The molecular weight excluding hydrogens is 408 g/mol. The van der Waals surface area contributed by atoms with Crippen LogP contribution in [0, 0.1) is 5.41 Å². The predicted molar refractivity (Wildman–Crippen MR) is 126 cm³/mol. The molecule has 164 valence electrons. The Hall–Kier alpha value is -2.47. The van der Waals surface area contributed by atoms with Crippen LogP contribution in [0.25, 0.3) is 5.57 Å². The Morgan fingerprint density at radius 3 is 2.58 bits per heavy atom. The Morgan fingerprint density at radius 2 is 1.94 bits per heavy atom. The van der Waals surface area contributed by atoms with Gasteiger partial charge in [0.15, 0.2) is 0 Å². The van der Waals surface area contributed by atoms with Gasteiger partial charge < -0.3 is 9.64 Å². The van der Waals surface area contributed by atoms with Crippen LogP contribution in [0.1, 0.15) is 51.2 Å². The lowest BCUT2D eigenvalue weighted by Crippen LogP contribution is -2.52. The molecule has 0 saturated carbocycles. The third-order valence-corrected chi connectivity index (χ3v) is 6.84. The van der Waals surface area contributed by atoms with Gasteiger partial charge in [-0.15, -0.1) is 6.58 Å². The maximum atomic E-state index is 13.7. The highest BCUT2D eigenvalue weighted by atomic mass is 32.1. The van der Waals surface area contributed by atoms with Gasteiger partial charge in [-0.05, 0) is 56.7 Å². The Bertz CT molecular complexity index is 981. The zero-order valence-corrected chi connectivity index (χ0v) is 19.4. The fourth-order valence-electron chi connectivity index (χ4n) is 5.10. The van der Waals surface area contributed by atoms with E-state index < -0.39 is 5.60 Å². The van der Waals surface area contributed by atoms with Crippen LogP contribution in [-0.4, -0.2) is 52.0 Å². The van der Waals surface area contributed by atoms with Crippen LogP contribution >= 0.6 is 12.2 Å². The first kappa shape index (κ1) is 21.8. The first-order chi connectivity index (χ1) is 14.6. The van der Waals surface area contributed by atoms with E-state index in [0.717, 1.165) is 36.0 Å². The topological polar surface area (TPSA) is 49.9 Å². The second-order valence-corrected chi connectivity index (χ2v) is 10.2. The van der Waals surface area contributed by atoms with E-state index in [-0.39, 0.29) is 17.4 Å². The van der Waals surface area contributed by atoms with Crippen molar-refractivity contribution in [2.24, 2.45) is 5.41 Å². The van der Waals surface area contributed by atoms with Gasteiger partial charge in [0.25, 0.3) is 5.91 Å². The third kappa shape index (κ3) is 3.93. The standard InChI is InChI=1S/C25H30N2O3S/c1-5-12-27-20(31)15-19-18-9-7-6-8-17(18)16-25(21(19)22(27)28)10-13-26(14-11-25)23(29)30-24(2,3)4/h5-9H,1,10-16H2,2-4H3. The minimum Gasteiger partial charge on any atom is -0.444 e. The van der Waals surface area contributed by atoms with Gasteiger partial charge in [-0.25, -0.2) is 4.79 Å². The Labute approximate surface area is 189 Å². The molecule has 2 amide bonds. The summed E-state index contributed by atoms with van der Waals surface area (Å²) in [7, 11) is 0. The van der Waals surface area contributed by atoms with Gasteiger partial charge in [-0.3, -0.25) is 9.69 Å². The van der Waals surface area contributed by atoms with E-state index in [1.165, 1.54) is 5.56 Å². The number of piperidine rings is 1. The number of hydrogen-bond donors (Lipinski definition) is 0. The SMILES string of the molecule is C=CCN1C(=O)C2=C(CC1=S)c1ccccc1CC21CCN(C(=O)OC(C)(C)C)CC1. The Balaban J connectivity index is 1.69. The van der Waals surface area contributed by atoms with E-state index in [4.69, 9.17) is 17.0 Å². The van der Waals surface area contributed by atoms with Crippen molar-refractivity contribution in [1.82, 2.24) is 9.80 Å². The average molecular weight is 439 g/mol. The number of likely N-dealkylation sites (tertiary alicyclic amines) is 1. The van der Waals surface area contributed by atoms with Gasteiger partial charge in [-0.2, -0.15) is 0 Å². The van der Waals surface area contributed by atoms with Crippen LogP contribution in [0.3, 0.4) is 0 Å². The molecule has 0 N–H and O–H groups in total. The number of rotatable bonds is 2. The second kappa shape index (κ2) is 7.90. The normalized spacial score (nSPS) is 20.5. The number of amides is 2. The van der Waals surface area contributed by atoms with Gasteiger partial charge in [0.2, 0.25) is 0 Å². The van der Waals surface area contributed by atoms with Crippen molar-refractivity contribution in [3.8, 4) is 0 Å². The van der Waals surface area contributed by atoms with E-state index in [1.807, 2.05) is 26.8 Å². The molecule has 3 aliphatic rings. The van der Waals surface area contributed by atoms with Crippen molar-refractivity contribution in [3.05, 3.63) is 53.6 Å². The van der Waals surface area contributed by atoms with Crippen LogP contribution in [0.2, 0.25) is 0 Å². The number of hydrogen-bond acceptors (Lipinski definition) is 4. The summed E-state index contributed by atoms with van der Waals surface area (Å²) < 4.78 is 5.57. The number of fused-ring (bicyclic) bond motifs is 3. The molecule has 1 spiro atoms. The highest BCUT2D eigenvalue weighted by Gasteiger charge is 2.49. The van der Waals surface area contributed by atoms with Crippen LogP contribution in [0.15, 0.2) is 42.5 Å². The lowest BCUT2D eigenvalue weighted by molar-refractivity contribution is -0.124. The third-order valence-electron chi connectivity index (χ3n) is 6.48. The van der Waals surface area contributed by atoms with E-state index in [1.54, 1.807) is 15.9 Å². The smallest absolute Gasteiger partial charge is 0.410 e. The van der Waals surface area contributed by atoms with Crippen LogP contribution in [0.4, 0.5) is 4.79 Å². The summed E-state index contributed by atoms with van der Waals surface area (Å²) in [5, 5.41) is 0. The van der Waals surface area contributed by atoms with Gasteiger partial charge in [-0.1, -0.05) is 42.6 Å². The highest BCUT2D eigenvalue weighted by Crippen LogP contribution is 2.52. The number of benzene rings is 1. The highest BCUT2D eigenvalue weighted by molar-refractivity contribution is 7.80. The van der Waals surface area contributed by atoms with E-state index >= 15 is 0 Å². The number of nitrogens with zero attached hydrogens (tertiary/aromatic N) is 2. The summed E-state index contributed by atoms with van der Waals surface area (Å²) >= 11 is 5.61. The quantitative estimate of drug-likeness (QED) is 0.493. The average Bonchev–Trinajstić information content (AvgIpc) is 2.70. The van der Waals surface area contributed by atoms with Crippen molar-refractivity contribution < 1.29 is 14.3 Å². The lowest BCUT2D eigenvalue weighted by atomic mass is 9.61. The molecule has 0 unspecified atom stereocenters. The molecule has 1 fully saturated rings. The predicted octanol–water partition coefficient (Wildman–Crippen LogP) is 4.76. The molecule has 1 saturated heterocycles. The van der Waals surface area contributed by atoms with Gasteiger partial charge >= 0.3 is 6.09 Å². The second-order valence-electron chi connectivity index (χ2n) is 9.71. The fraction of sp³-hybridized carbons (Fsp3) is 0.480. The molecule has 2 aliphatic heterocycles. The van der Waals surface area contributed by atoms with Gasteiger partial charge in [0.05, 0.1) is 4.99 Å². The molecule has 4 rings (SSSR count). The van der Waals surface area contributed by atoms with E-state index in [9.17, 15) is 9.59 Å². The molecule has 1 aromatic carbocycles. The maximum absolute atomic E-state index is 13.7. The minimum atomic E-state index is -0.522. The molecule has 1 aromatic rings. The molecule has 0 aromatic heterocycles. The first-order valence-electron chi connectivity index (χ1n) is 10.9. The molecule has 2 heterocycles. The summed E-state index contributed by atoms with van der Waals surface area (Å²) in [6, 6.07) is 8.34. The summed E-state index contributed by atoms with van der Waals surface area (Å²) in [6.07, 6.45) is 4.32. The van der Waals surface area contributed by atoms with E-state index in [2.05, 4.69) is 24.8 Å². The maximum Gasteiger partial charge on any atom is 0.410 e. The van der Waals surface area contributed by atoms with E-state index in [0.29, 0.717) is 31.0 Å². The number of carbonyl (C=O) groups is 2. The molecule has 6 heteroatoms. The molecule has 0 bridgehead atoms. The summed E-state index contributed by atoms with van der Waals surface area (Å²) in [4.78, 5) is 30.4. The van der Waals surface area contributed by atoms with Crippen molar-refractivity contribution in [3.63, 3.8) is 0 Å². The first-order valence-corrected chi connectivity index (χ1v) is 11.3. The number of ether oxygens (including phenoxy) is 1. The van der Waals surface area contributed by atoms with Crippen molar-refractivity contribution in [1.29, 1.82) is 0 Å². The molecule has 1 aliphatic carbocycles. The van der Waals surface area contributed by atoms with Gasteiger partial charge in [0.1, 0.15) is 5.60 Å². The number of thiocarbonyl (C=S) groups is 1. The zero-order chi connectivity index (χ0) is 22.4. The monoisotopic (exact) mass is 438 g/mol. The van der Waals surface area contributed by atoms with Gasteiger partial charge in [0, 0.05) is 37.0 Å². The van der Waals surface area contributed by atoms with Crippen LogP contribution in [-0.2, 0) is 16.0 Å². The molecular formula is C25H30N2O3S. The number of carbonyl (C=O) groups excluding carboxylic acids is 2. The molecule has 5 nitrogen and oxygen atoms in total. The summed E-state index contributed by atoms with van der Waals surface area (Å²) in [5.74, 6) is 0.00590. The van der Waals surface area contributed by atoms with Crippen molar-refractivity contribution in [2.45, 2.75) is 52.1 Å². The van der Waals surface area contributed by atoms with Crippen LogP contribution < -0.4 is 0 Å². The van der Waals surface area contributed by atoms with Crippen LogP contribution in [0.5, 0.6) is 0 Å². The minimum absolute atomic E-state index is 0.00590. The largest absolute Gasteiger partial charge is 0.444 e. The fourth-order valence-corrected chi connectivity index (χ4v) is 5.40. The lowest BCUT2D eigenvalue weighted by Gasteiger charge is -2.49. The summed E-state index contributed by atoms with van der Waals surface area (Å²) in [5.41, 5.74) is 3.57. The Kier molecular flexibility index (Phi) is 5.54. The van der Waals surface area contributed by atoms with Crippen molar-refractivity contribution >= 4 is 34.8 Å². The molecule has 31 heavy (non-hydrogen) atoms. The van der Waals surface area contributed by atoms with Crippen molar-refractivity contribution in [2.75, 3.05) is 19.6 Å².